The summed E-state index contributed by atoms with van der Waals surface area (Å²) in [5, 5.41) is 8.59. The molecule has 0 fully saturated rings. The Morgan fingerprint density at radius 2 is 2.06 bits per heavy atom. The molecule has 1 rings (SSSR count). The molecule has 86 valence electrons. The van der Waals surface area contributed by atoms with E-state index in [2.05, 4.69) is 4.74 Å². The highest BCUT2D eigenvalue weighted by atomic mass is 35.5. The Kier molecular flexibility index (Phi) is 6.16. The number of carbonyl (C=O) groups is 1. The largest absolute Gasteiger partial charge is 0.468 e. The molecule has 0 unspecified atom stereocenters. The lowest BCUT2D eigenvalue weighted by molar-refractivity contribution is -0.142. The molecule has 1 aromatic carbocycles. The molecular formula is C11H13ClN2O2. The highest BCUT2D eigenvalue weighted by Crippen LogP contribution is 2.06. The zero-order valence-corrected chi connectivity index (χ0v) is 9.66. The molecule has 0 aliphatic rings. The smallest absolute Gasteiger partial charge is 0.322 e. The number of carbonyl (C=O) groups excluding carboxylic acids is 1. The Labute approximate surface area is 100 Å². The highest BCUT2D eigenvalue weighted by Gasteiger charge is 2.13. The number of methoxy groups -OCH3 is 1. The van der Waals surface area contributed by atoms with E-state index in [0.717, 1.165) is 5.56 Å². The molecular weight excluding hydrogens is 228 g/mol. The third-order valence-electron chi connectivity index (χ3n) is 2.04. The van der Waals surface area contributed by atoms with Crippen LogP contribution in [-0.4, -0.2) is 19.1 Å². The van der Waals surface area contributed by atoms with Gasteiger partial charge in [0.2, 0.25) is 0 Å². The zero-order valence-electron chi connectivity index (χ0n) is 8.84. The molecule has 0 saturated carbocycles. The third kappa shape index (κ3) is 3.89. The Morgan fingerprint density at radius 3 is 2.50 bits per heavy atom. The molecule has 0 radical (unpaired) electrons. The standard InChI is InChI=1S/C11H12N2O2.ClH/c1-15-11(14)10(13)6-8-2-4-9(7-12)5-3-8;/h2-5,10H,6,13H2,1H3;1H/t10-;/m1./s1. The van der Waals surface area contributed by atoms with Crippen molar-refractivity contribution in [3.63, 3.8) is 0 Å². The van der Waals surface area contributed by atoms with Crippen molar-refractivity contribution in [1.82, 2.24) is 0 Å². The van der Waals surface area contributed by atoms with E-state index in [1.807, 2.05) is 6.07 Å². The number of nitrogens with two attached hydrogens (primary N) is 1. The highest BCUT2D eigenvalue weighted by molar-refractivity contribution is 5.85. The first-order chi connectivity index (χ1) is 7.17. The Hall–Kier alpha value is -1.57. The van der Waals surface area contributed by atoms with Gasteiger partial charge in [0.15, 0.2) is 0 Å². The monoisotopic (exact) mass is 240 g/mol. The molecule has 0 aliphatic heterocycles. The predicted octanol–water partition coefficient (Wildman–Crippen LogP) is 1.02. The summed E-state index contributed by atoms with van der Waals surface area (Å²) in [5.74, 6) is -0.431. The van der Waals surface area contributed by atoms with Crippen LogP contribution in [-0.2, 0) is 16.0 Å². The van der Waals surface area contributed by atoms with Crippen LogP contribution in [0.3, 0.4) is 0 Å². The number of hydrogen-bond donors (Lipinski definition) is 1. The van der Waals surface area contributed by atoms with Crippen molar-refractivity contribution in [2.45, 2.75) is 12.5 Å². The van der Waals surface area contributed by atoms with E-state index in [1.165, 1.54) is 7.11 Å². The van der Waals surface area contributed by atoms with E-state index in [-0.39, 0.29) is 12.4 Å². The van der Waals surface area contributed by atoms with Gasteiger partial charge in [0.1, 0.15) is 6.04 Å². The molecule has 0 bridgehead atoms. The van der Waals surface area contributed by atoms with Crippen LogP contribution in [0.25, 0.3) is 0 Å². The fraction of sp³-hybridized carbons (Fsp3) is 0.273. The number of hydrogen-bond acceptors (Lipinski definition) is 4. The van der Waals surface area contributed by atoms with E-state index in [1.54, 1.807) is 24.3 Å². The summed E-state index contributed by atoms with van der Waals surface area (Å²) in [4.78, 5) is 11.0. The van der Waals surface area contributed by atoms with Crippen molar-refractivity contribution in [2.75, 3.05) is 7.11 Å². The molecule has 0 aliphatic carbocycles. The normalized spacial score (nSPS) is 10.8. The summed E-state index contributed by atoms with van der Waals surface area (Å²) in [6, 6.07) is 8.31. The summed E-state index contributed by atoms with van der Waals surface area (Å²) in [6.07, 6.45) is 0.415. The van der Waals surface area contributed by atoms with Crippen molar-refractivity contribution < 1.29 is 9.53 Å². The summed E-state index contributed by atoms with van der Waals surface area (Å²) < 4.78 is 4.51. The molecule has 0 spiro atoms. The molecule has 16 heavy (non-hydrogen) atoms. The average molecular weight is 241 g/mol. The third-order valence-corrected chi connectivity index (χ3v) is 2.04. The maximum absolute atomic E-state index is 11.0. The summed E-state index contributed by atoms with van der Waals surface area (Å²) in [5.41, 5.74) is 7.09. The lowest BCUT2D eigenvalue weighted by Crippen LogP contribution is -2.33. The van der Waals surface area contributed by atoms with Crippen LogP contribution in [0.4, 0.5) is 0 Å². The van der Waals surface area contributed by atoms with Gasteiger partial charge >= 0.3 is 5.97 Å². The van der Waals surface area contributed by atoms with E-state index >= 15 is 0 Å². The predicted molar refractivity (Wildman–Crippen MR) is 62.1 cm³/mol. The maximum Gasteiger partial charge on any atom is 0.322 e. The SMILES string of the molecule is COC(=O)[C@H](N)Cc1ccc(C#N)cc1.Cl. The van der Waals surface area contributed by atoms with Gasteiger partial charge < -0.3 is 10.5 Å². The minimum absolute atomic E-state index is 0. The number of halogens is 1. The zero-order chi connectivity index (χ0) is 11.3. The van der Waals surface area contributed by atoms with Gasteiger partial charge in [-0.05, 0) is 24.1 Å². The van der Waals surface area contributed by atoms with Gasteiger partial charge in [0.25, 0.3) is 0 Å². The Balaban J connectivity index is 0.00000225. The van der Waals surface area contributed by atoms with Crippen LogP contribution in [0, 0.1) is 11.3 Å². The molecule has 0 amide bonds. The van der Waals surface area contributed by atoms with Crippen LogP contribution in [0.5, 0.6) is 0 Å². The van der Waals surface area contributed by atoms with Crippen LogP contribution in [0.1, 0.15) is 11.1 Å². The van der Waals surface area contributed by atoms with Gasteiger partial charge in [-0.3, -0.25) is 4.79 Å². The first-order valence-corrected chi connectivity index (χ1v) is 4.50. The second kappa shape index (κ2) is 6.83. The first kappa shape index (κ1) is 14.4. The number of nitrogens with zero attached hydrogens (tertiary/aromatic N) is 1. The van der Waals surface area contributed by atoms with Gasteiger partial charge in [-0.2, -0.15) is 5.26 Å². The van der Waals surface area contributed by atoms with Gasteiger partial charge in [-0.25, -0.2) is 0 Å². The molecule has 0 saturated heterocycles. The van der Waals surface area contributed by atoms with Gasteiger partial charge in [-0.15, -0.1) is 12.4 Å². The lowest BCUT2D eigenvalue weighted by atomic mass is 10.1. The molecule has 0 aromatic heterocycles. The average Bonchev–Trinajstić information content (AvgIpc) is 2.29. The van der Waals surface area contributed by atoms with Gasteiger partial charge in [0, 0.05) is 0 Å². The molecule has 1 atom stereocenters. The van der Waals surface area contributed by atoms with Crippen LogP contribution in [0.2, 0.25) is 0 Å². The summed E-state index contributed by atoms with van der Waals surface area (Å²) in [7, 11) is 1.31. The fourth-order valence-corrected chi connectivity index (χ4v) is 1.20. The second-order valence-corrected chi connectivity index (χ2v) is 3.14. The Bertz CT molecular complexity index is 384. The van der Waals surface area contributed by atoms with Crippen LogP contribution in [0.15, 0.2) is 24.3 Å². The first-order valence-electron chi connectivity index (χ1n) is 4.50. The van der Waals surface area contributed by atoms with E-state index in [0.29, 0.717) is 12.0 Å². The van der Waals surface area contributed by atoms with Crippen molar-refractivity contribution in [1.29, 1.82) is 5.26 Å². The number of ether oxygens (including phenoxy) is 1. The van der Waals surface area contributed by atoms with E-state index in [4.69, 9.17) is 11.0 Å². The quantitative estimate of drug-likeness (QED) is 0.801. The number of esters is 1. The molecule has 5 heteroatoms. The van der Waals surface area contributed by atoms with E-state index < -0.39 is 12.0 Å². The fourth-order valence-electron chi connectivity index (χ4n) is 1.20. The lowest BCUT2D eigenvalue weighted by Gasteiger charge is -2.08. The van der Waals surface area contributed by atoms with Crippen LogP contribution < -0.4 is 5.73 Å². The van der Waals surface area contributed by atoms with Gasteiger partial charge in [-0.1, -0.05) is 12.1 Å². The molecule has 0 heterocycles. The molecule has 4 nitrogen and oxygen atoms in total. The minimum atomic E-state index is -0.650. The van der Waals surface area contributed by atoms with Crippen molar-refractivity contribution >= 4 is 18.4 Å². The second-order valence-electron chi connectivity index (χ2n) is 3.14. The van der Waals surface area contributed by atoms with Crippen molar-refractivity contribution in [3.05, 3.63) is 35.4 Å². The number of benzene rings is 1. The number of nitriles is 1. The van der Waals surface area contributed by atoms with E-state index in [9.17, 15) is 4.79 Å². The molecule has 1 aromatic rings. The topological polar surface area (TPSA) is 76.1 Å². The Morgan fingerprint density at radius 1 is 1.50 bits per heavy atom. The van der Waals surface area contributed by atoms with Crippen LogP contribution >= 0.6 is 12.4 Å². The van der Waals surface area contributed by atoms with Crippen molar-refractivity contribution in [2.24, 2.45) is 5.73 Å². The maximum atomic E-state index is 11.0. The van der Waals surface area contributed by atoms with Crippen molar-refractivity contribution in [3.8, 4) is 6.07 Å². The summed E-state index contributed by atoms with van der Waals surface area (Å²) in [6.45, 7) is 0. The minimum Gasteiger partial charge on any atom is -0.468 e. The number of rotatable bonds is 3. The van der Waals surface area contributed by atoms with Gasteiger partial charge in [0.05, 0.1) is 18.7 Å². The molecule has 2 N–H and O–H groups in total. The summed E-state index contributed by atoms with van der Waals surface area (Å²) >= 11 is 0.